The molecule has 0 atom stereocenters. The maximum Gasteiger partial charge on any atom is 0.318 e. The summed E-state index contributed by atoms with van der Waals surface area (Å²) in [6, 6.07) is 1.46. The van der Waals surface area contributed by atoms with Crippen LogP contribution in [0.3, 0.4) is 0 Å². The summed E-state index contributed by atoms with van der Waals surface area (Å²) in [4.78, 5) is 10.6. The number of carbonyl (C=O) groups is 1. The SMILES string of the molecule is C#CCN(CC(=O)O)S(=O)(=O)Cc1cc(C)on1. The van der Waals surface area contributed by atoms with Gasteiger partial charge in [0, 0.05) is 6.07 Å². The van der Waals surface area contributed by atoms with Crippen LogP contribution < -0.4 is 0 Å². The van der Waals surface area contributed by atoms with Crippen molar-refractivity contribution in [2.24, 2.45) is 0 Å². The summed E-state index contributed by atoms with van der Waals surface area (Å²) in [5.41, 5.74) is 0.208. The van der Waals surface area contributed by atoms with Crippen molar-refractivity contribution in [2.45, 2.75) is 12.7 Å². The molecule has 1 N–H and O–H groups in total. The van der Waals surface area contributed by atoms with E-state index < -0.39 is 28.3 Å². The van der Waals surface area contributed by atoms with Crippen LogP contribution in [0.25, 0.3) is 0 Å². The van der Waals surface area contributed by atoms with E-state index in [-0.39, 0.29) is 12.2 Å². The Morgan fingerprint density at radius 3 is 2.78 bits per heavy atom. The summed E-state index contributed by atoms with van der Waals surface area (Å²) in [6.45, 7) is 0.647. The minimum atomic E-state index is -3.83. The molecule has 0 amide bonds. The fourth-order valence-electron chi connectivity index (χ4n) is 1.27. The first kappa shape index (κ1) is 14.2. The van der Waals surface area contributed by atoms with Crippen molar-refractivity contribution in [3.63, 3.8) is 0 Å². The Labute approximate surface area is 104 Å². The Hall–Kier alpha value is -1.85. The summed E-state index contributed by atoms with van der Waals surface area (Å²) in [5, 5.41) is 12.2. The summed E-state index contributed by atoms with van der Waals surface area (Å²) < 4.78 is 29.3. The molecule has 0 aromatic carbocycles. The van der Waals surface area contributed by atoms with Gasteiger partial charge in [-0.2, -0.15) is 4.31 Å². The van der Waals surface area contributed by atoms with E-state index in [1.165, 1.54) is 6.07 Å². The zero-order valence-corrected chi connectivity index (χ0v) is 10.5. The second kappa shape index (κ2) is 5.66. The standard InChI is InChI=1S/C10H12N2O5S/c1-3-4-12(6-10(13)14)18(15,16)7-9-5-8(2)17-11-9/h1,5H,4,6-7H2,2H3,(H,13,14). The van der Waals surface area contributed by atoms with E-state index in [2.05, 4.69) is 11.1 Å². The van der Waals surface area contributed by atoms with Gasteiger partial charge in [-0.25, -0.2) is 8.42 Å². The highest BCUT2D eigenvalue weighted by Gasteiger charge is 2.25. The third kappa shape index (κ3) is 3.87. The zero-order chi connectivity index (χ0) is 13.8. The van der Waals surface area contributed by atoms with Gasteiger partial charge in [-0.05, 0) is 6.92 Å². The van der Waals surface area contributed by atoms with E-state index in [0.717, 1.165) is 0 Å². The van der Waals surface area contributed by atoms with Crippen LogP contribution in [0.2, 0.25) is 0 Å². The van der Waals surface area contributed by atoms with E-state index in [4.69, 9.17) is 16.1 Å². The molecular weight excluding hydrogens is 260 g/mol. The number of sulfonamides is 1. The van der Waals surface area contributed by atoms with Crippen molar-refractivity contribution in [3.8, 4) is 12.3 Å². The summed E-state index contributed by atoms with van der Waals surface area (Å²) in [6.07, 6.45) is 5.02. The Bertz CT molecular complexity index is 569. The van der Waals surface area contributed by atoms with Gasteiger partial charge < -0.3 is 9.63 Å². The minimum Gasteiger partial charge on any atom is -0.480 e. The highest BCUT2D eigenvalue weighted by Crippen LogP contribution is 2.10. The largest absolute Gasteiger partial charge is 0.480 e. The Kier molecular flexibility index (Phi) is 4.47. The molecule has 18 heavy (non-hydrogen) atoms. The fourth-order valence-corrected chi connectivity index (χ4v) is 2.54. The van der Waals surface area contributed by atoms with Gasteiger partial charge in [0.25, 0.3) is 0 Å². The highest BCUT2D eigenvalue weighted by molar-refractivity contribution is 7.88. The van der Waals surface area contributed by atoms with Gasteiger partial charge in [-0.3, -0.25) is 4.79 Å². The number of aliphatic carboxylic acids is 1. The number of carboxylic acid groups (broad SMARTS) is 1. The number of carboxylic acids is 1. The molecule has 0 saturated carbocycles. The Morgan fingerprint density at radius 2 is 2.33 bits per heavy atom. The molecule has 1 aromatic heterocycles. The quantitative estimate of drug-likeness (QED) is 0.722. The predicted octanol–water partition coefficient (Wildman–Crippen LogP) is -0.167. The monoisotopic (exact) mass is 272 g/mol. The lowest BCUT2D eigenvalue weighted by Crippen LogP contribution is -2.36. The number of aromatic nitrogens is 1. The second-order valence-electron chi connectivity index (χ2n) is 3.55. The van der Waals surface area contributed by atoms with Crippen LogP contribution in [-0.2, 0) is 20.6 Å². The molecule has 0 bridgehead atoms. The van der Waals surface area contributed by atoms with Crippen LogP contribution in [0.1, 0.15) is 11.5 Å². The molecule has 7 nitrogen and oxygen atoms in total. The lowest BCUT2D eigenvalue weighted by Gasteiger charge is -2.16. The molecule has 0 fully saturated rings. The Balaban J connectivity index is 2.88. The van der Waals surface area contributed by atoms with Crippen LogP contribution in [0.4, 0.5) is 0 Å². The van der Waals surface area contributed by atoms with E-state index in [9.17, 15) is 13.2 Å². The van der Waals surface area contributed by atoms with Crippen molar-refractivity contribution in [2.75, 3.05) is 13.1 Å². The van der Waals surface area contributed by atoms with Gasteiger partial charge in [-0.15, -0.1) is 6.42 Å². The molecule has 8 heteroatoms. The molecule has 1 aromatic rings. The molecule has 1 rings (SSSR count). The van der Waals surface area contributed by atoms with Crippen molar-refractivity contribution in [1.29, 1.82) is 0 Å². The van der Waals surface area contributed by atoms with Gasteiger partial charge in [0.2, 0.25) is 10.0 Å². The Morgan fingerprint density at radius 1 is 1.67 bits per heavy atom. The average Bonchev–Trinajstić information content (AvgIpc) is 2.62. The molecule has 0 aliphatic heterocycles. The molecular formula is C10H12N2O5S. The van der Waals surface area contributed by atoms with Crippen LogP contribution in [0, 0.1) is 19.3 Å². The molecule has 98 valence electrons. The van der Waals surface area contributed by atoms with Gasteiger partial charge in [0.05, 0.1) is 6.54 Å². The van der Waals surface area contributed by atoms with Crippen LogP contribution in [-0.4, -0.2) is 42.0 Å². The molecule has 0 spiro atoms. The minimum absolute atomic E-state index is 0.208. The number of aryl methyl sites for hydroxylation is 1. The van der Waals surface area contributed by atoms with E-state index in [1.807, 2.05) is 0 Å². The predicted molar refractivity (Wildman–Crippen MR) is 61.9 cm³/mol. The van der Waals surface area contributed by atoms with Crippen molar-refractivity contribution >= 4 is 16.0 Å². The number of hydrogen-bond donors (Lipinski definition) is 1. The third-order valence-electron chi connectivity index (χ3n) is 1.98. The number of terminal acetylenes is 1. The smallest absolute Gasteiger partial charge is 0.318 e. The summed E-state index contributed by atoms with van der Waals surface area (Å²) >= 11 is 0. The zero-order valence-electron chi connectivity index (χ0n) is 9.66. The first-order chi connectivity index (χ1) is 8.35. The third-order valence-corrected chi connectivity index (χ3v) is 3.69. The maximum atomic E-state index is 11.9. The number of nitrogens with zero attached hydrogens (tertiary/aromatic N) is 2. The first-order valence-corrected chi connectivity index (χ1v) is 6.51. The van der Waals surface area contributed by atoms with Gasteiger partial charge >= 0.3 is 5.97 Å². The van der Waals surface area contributed by atoms with Crippen molar-refractivity contribution in [3.05, 3.63) is 17.5 Å². The molecule has 0 radical (unpaired) electrons. The average molecular weight is 272 g/mol. The van der Waals surface area contributed by atoms with Crippen molar-refractivity contribution < 1.29 is 22.8 Å². The first-order valence-electron chi connectivity index (χ1n) is 4.90. The topological polar surface area (TPSA) is 101 Å². The molecule has 0 aliphatic carbocycles. The highest BCUT2D eigenvalue weighted by atomic mass is 32.2. The maximum absolute atomic E-state index is 11.9. The van der Waals surface area contributed by atoms with E-state index in [0.29, 0.717) is 10.1 Å². The van der Waals surface area contributed by atoms with Crippen LogP contribution >= 0.6 is 0 Å². The van der Waals surface area contributed by atoms with Gasteiger partial charge in [0.15, 0.2) is 0 Å². The van der Waals surface area contributed by atoms with Gasteiger partial charge in [-0.1, -0.05) is 11.1 Å². The lowest BCUT2D eigenvalue weighted by atomic mass is 10.4. The van der Waals surface area contributed by atoms with E-state index in [1.54, 1.807) is 6.92 Å². The summed E-state index contributed by atoms with van der Waals surface area (Å²) in [5.74, 6) is 0.866. The normalized spacial score (nSPS) is 11.4. The van der Waals surface area contributed by atoms with E-state index >= 15 is 0 Å². The molecule has 0 aliphatic rings. The summed E-state index contributed by atoms with van der Waals surface area (Å²) in [7, 11) is -3.83. The number of rotatable bonds is 6. The van der Waals surface area contributed by atoms with Crippen molar-refractivity contribution in [1.82, 2.24) is 9.46 Å². The van der Waals surface area contributed by atoms with Crippen LogP contribution in [0.5, 0.6) is 0 Å². The van der Waals surface area contributed by atoms with Gasteiger partial charge in [0.1, 0.15) is 23.8 Å². The molecule has 0 unspecified atom stereocenters. The number of hydrogen-bond acceptors (Lipinski definition) is 5. The second-order valence-corrected chi connectivity index (χ2v) is 5.52. The fraction of sp³-hybridized carbons (Fsp3) is 0.400. The van der Waals surface area contributed by atoms with Crippen LogP contribution in [0.15, 0.2) is 10.6 Å². The molecule has 1 heterocycles. The molecule has 0 saturated heterocycles. The lowest BCUT2D eigenvalue weighted by molar-refractivity contribution is -0.137.